The molecule has 0 aliphatic carbocycles. The Morgan fingerprint density at radius 3 is 2.53 bits per heavy atom. The van der Waals surface area contributed by atoms with Crippen LogP contribution in [0.3, 0.4) is 0 Å². The van der Waals surface area contributed by atoms with E-state index in [4.69, 9.17) is 9.47 Å². The molecule has 4 rings (SSSR count). The molecule has 0 spiro atoms. The Bertz CT molecular complexity index is 1240. The van der Waals surface area contributed by atoms with Gasteiger partial charge in [-0.15, -0.1) is 0 Å². The van der Waals surface area contributed by atoms with E-state index in [0.717, 1.165) is 11.1 Å². The third-order valence-corrected chi connectivity index (χ3v) is 7.88. The van der Waals surface area contributed by atoms with Crippen LogP contribution in [0.2, 0.25) is 0 Å². The number of hydrogen-bond donors (Lipinski definition) is 1. The molecule has 1 fully saturated rings. The van der Waals surface area contributed by atoms with Crippen LogP contribution in [0.1, 0.15) is 17.0 Å². The molecule has 2 unspecified atom stereocenters. The molecule has 1 N–H and O–H groups in total. The highest BCUT2D eigenvalue weighted by Gasteiger charge is 2.44. The number of nitrogens with zero attached hydrogens (tertiary/aromatic N) is 2. The van der Waals surface area contributed by atoms with Crippen molar-refractivity contribution in [2.45, 2.75) is 17.4 Å². The van der Waals surface area contributed by atoms with Gasteiger partial charge in [0.25, 0.3) is 0 Å². The second-order valence-corrected chi connectivity index (χ2v) is 9.97. The molecule has 1 aromatic heterocycles. The van der Waals surface area contributed by atoms with Crippen LogP contribution in [0.4, 0.5) is 0 Å². The summed E-state index contributed by atoms with van der Waals surface area (Å²) in [7, 11) is -0.661. The monoisotopic (exact) mass is 481 g/mol. The van der Waals surface area contributed by atoms with Crippen LogP contribution >= 0.6 is 0 Å². The first-order chi connectivity index (χ1) is 16.4. The number of rotatable bonds is 8. The summed E-state index contributed by atoms with van der Waals surface area (Å²) >= 11 is 0. The Kier molecular flexibility index (Phi) is 7.14. The Morgan fingerprint density at radius 2 is 1.85 bits per heavy atom. The average Bonchev–Trinajstić information content (AvgIpc) is 3.34. The Hall–Kier alpha value is -3.43. The summed E-state index contributed by atoms with van der Waals surface area (Å²) in [5.74, 6) is -0.0542. The van der Waals surface area contributed by atoms with Crippen molar-refractivity contribution in [3.63, 3.8) is 0 Å². The summed E-state index contributed by atoms with van der Waals surface area (Å²) in [6, 6.07) is 17.3. The lowest BCUT2D eigenvalue weighted by Gasteiger charge is -2.21. The van der Waals surface area contributed by atoms with Crippen LogP contribution in [0.15, 0.2) is 78.0 Å². The minimum atomic E-state index is -3.77. The van der Waals surface area contributed by atoms with Gasteiger partial charge in [0.2, 0.25) is 15.9 Å². The first kappa shape index (κ1) is 23.7. The van der Waals surface area contributed by atoms with Crippen molar-refractivity contribution in [2.75, 3.05) is 27.3 Å². The Labute approximate surface area is 199 Å². The summed E-state index contributed by atoms with van der Waals surface area (Å²) < 4.78 is 38.9. The Morgan fingerprint density at radius 1 is 1.06 bits per heavy atom. The maximum absolute atomic E-state index is 13.3. The van der Waals surface area contributed by atoms with Gasteiger partial charge >= 0.3 is 0 Å². The first-order valence-electron chi connectivity index (χ1n) is 10.9. The molecule has 2 heterocycles. The number of hydrogen-bond acceptors (Lipinski definition) is 6. The van der Waals surface area contributed by atoms with Crippen molar-refractivity contribution in [3.05, 3.63) is 84.2 Å². The molecule has 34 heavy (non-hydrogen) atoms. The molecular formula is C25H27N3O5S. The molecule has 1 aliphatic heterocycles. The maximum atomic E-state index is 13.3. The molecule has 8 nitrogen and oxygen atoms in total. The molecule has 2 aromatic carbocycles. The lowest BCUT2D eigenvalue weighted by Crippen LogP contribution is -2.35. The van der Waals surface area contributed by atoms with E-state index in [-0.39, 0.29) is 23.9 Å². The first-order valence-corrected chi connectivity index (χ1v) is 12.3. The van der Waals surface area contributed by atoms with E-state index in [1.165, 1.54) is 4.31 Å². The van der Waals surface area contributed by atoms with Gasteiger partial charge in [-0.05, 0) is 35.4 Å². The molecule has 2 atom stereocenters. The molecule has 9 heteroatoms. The molecular weight excluding hydrogens is 454 g/mol. The number of carbonyl (C=O) groups is 1. The minimum absolute atomic E-state index is 0.0654. The number of sulfonamides is 1. The van der Waals surface area contributed by atoms with Crippen molar-refractivity contribution in [2.24, 2.45) is 5.92 Å². The van der Waals surface area contributed by atoms with Crippen LogP contribution in [-0.2, 0) is 21.4 Å². The van der Waals surface area contributed by atoms with Crippen LogP contribution in [0, 0.1) is 5.92 Å². The largest absolute Gasteiger partial charge is 0.497 e. The van der Waals surface area contributed by atoms with Gasteiger partial charge in [0.1, 0.15) is 11.5 Å². The number of methoxy groups -OCH3 is 2. The molecule has 1 saturated heterocycles. The van der Waals surface area contributed by atoms with Gasteiger partial charge in [0.05, 0.1) is 25.0 Å². The lowest BCUT2D eigenvalue weighted by atomic mass is 9.87. The molecule has 3 aromatic rings. The molecule has 0 radical (unpaired) electrons. The molecule has 0 bridgehead atoms. The topological polar surface area (TPSA) is 97.8 Å². The highest BCUT2D eigenvalue weighted by Crippen LogP contribution is 2.41. The number of nitrogens with one attached hydrogen (secondary N) is 1. The number of pyridine rings is 1. The van der Waals surface area contributed by atoms with Gasteiger partial charge in [-0.2, -0.15) is 4.31 Å². The smallest absolute Gasteiger partial charge is 0.243 e. The third-order valence-electron chi connectivity index (χ3n) is 6.03. The van der Waals surface area contributed by atoms with Gasteiger partial charge in [0.15, 0.2) is 0 Å². The molecule has 1 amide bonds. The lowest BCUT2D eigenvalue weighted by molar-refractivity contribution is -0.125. The normalized spacial score (nSPS) is 18.4. The zero-order valence-corrected chi connectivity index (χ0v) is 19.9. The molecule has 1 aliphatic rings. The fraction of sp³-hybridized carbons (Fsp3) is 0.280. The predicted octanol–water partition coefficient (Wildman–Crippen LogP) is 2.82. The number of carbonyl (C=O) groups excluding carboxylic acids is 1. The van der Waals surface area contributed by atoms with E-state index in [1.807, 2.05) is 12.1 Å². The standard InChI is InChI=1S/C25H27N3O5S/c1-32-19-10-11-21(24(13-19)33-2)22-16-28(34(30,31)20-8-4-3-5-9-20)17-23(22)25(29)27-15-18-7-6-12-26-14-18/h3-14,22-23H,15-17H2,1-2H3,(H,27,29). The van der Waals surface area contributed by atoms with Crippen molar-refractivity contribution in [1.29, 1.82) is 0 Å². The molecule has 0 saturated carbocycles. The van der Waals surface area contributed by atoms with E-state index < -0.39 is 21.9 Å². The van der Waals surface area contributed by atoms with Gasteiger partial charge in [-0.1, -0.05) is 30.3 Å². The summed E-state index contributed by atoms with van der Waals surface area (Å²) in [4.78, 5) is 17.6. The van der Waals surface area contributed by atoms with E-state index in [9.17, 15) is 13.2 Å². The van der Waals surface area contributed by atoms with Gasteiger partial charge in [0, 0.05) is 44.0 Å². The van der Waals surface area contributed by atoms with Gasteiger partial charge in [-0.25, -0.2) is 8.42 Å². The summed E-state index contributed by atoms with van der Waals surface area (Å²) in [6.07, 6.45) is 3.35. The van der Waals surface area contributed by atoms with Crippen molar-refractivity contribution in [3.8, 4) is 11.5 Å². The van der Waals surface area contributed by atoms with E-state index in [0.29, 0.717) is 18.0 Å². The number of benzene rings is 2. The summed E-state index contributed by atoms with van der Waals surface area (Å²) in [6.45, 7) is 0.530. The van der Waals surface area contributed by atoms with Crippen LogP contribution in [-0.4, -0.2) is 50.9 Å². The average molecular weight is 482 g/mol. The van der Waals surface area contributed by atoms with E-state index in [2.05, 4.69) is 10.3 Å². The van der Waals surface area contributed by atoms with Crippen LogP contribution in [0.5, 0.6) is 11.5 Å². The maximum Gasteiger partial charge on any atom is 0.243 e. The number of aromatic nitrogens is 1. The van der Waals surface area contributed by atoms with Gasteiger partial charge < -0.3 is 14.8 Å². The molecule has 178 valence electrons. The van der Waals surface area contributed by atoms with Crippen molar-refractivity contribution >= 4 is 15.9 Å². The summed E-state index contributed by atoms with van der Waals surface area (Å²) in [5.41, 5.74) is 1.62. The summed E-state index contributed by atoms with van der Waals surface area (Å²) in [5, 5.41) is 2.95. The van der Waals surface area contributed by atoms with Crippen molar-refractivity contribution in [1.82, 2.24) is 14.6 Å². The zero-order valence-electron chi connectivity index (χ0n) is 19.0. The fourth-order valence-electron chi connectivity index (χ4n) is 4.23. The third kappa shape index (κ3) is 4.90. The second kappa shape index (κ2) is 10.2. The highest BCUT2D eigenvalue weighted by molar-refractivity contribution is 7.89. The number of amides is 1. The van der Waals surface area contributed by atoms with Crippen molar-refractivity contribution < 1.29 is 22.7 Å². The quantitative estimate of drug-likeness (QED) is 0.531. The second-order valence-electron chi connectivity index (χ2n) is 8.04. The van der Waals surface area contributed by atoms with Crippen LogP contribution in [0.25, 0.3) is 0 Å². The van der Waals surface area contributed by atoms with E-state index >= 15 is 0 Å². The predicted molar refractivity (Wildman–Crippen MR) is 127 cm³/mol. The van der Waals surface area contributed by atoms with Gasteiger partial charge in [-0.3, -0.25) is 9.78 Å². The number of ether oxygens (including phenoxy) is 2. The fourth-order valence-corrected chi connectivity index (χ4v) is 5.75. The van der Waals surface area contributed by atoms with Crippen LogP contribution < -0.4 is 14.8 Å². The Balaban J connectivity index is 1.65. The zero-order chi connectivity index (χ0) is 24.1. The SMILES string of the molecule is COc1ccc(C2CN(S(=O)(=O)c3ccccc3)CC2C(=O)NCc2cccnc2)c(OC)c1. The minimum Gasteiger partial charge on any atom is -0.497 e. The van der Waals surface area contributed by atoms with E-state index in [1.54, 1.807) is 75.1 Å². The highest BCUT2D eigenvalue weighted by atomic mass is 32.2.